The molecule has 0 aromatic heterocycles. The lowest BCUT2D eigenvalue weighted by Gasteiger charge is -2.30. The van der Waals surface area contributed by atoms with Crippen LogP contribution in [-0.4, -0.2) is 123 Å². The van der Waals surface area contributed by atoms with Crippen LogP contribution in [0, 0.1) is 6.92 Å². The molecule has 2 atom stereocenters. The molecule has 3 aromatic rings. The molecule has 2 N–H and O–H groups in total. The van der Waals surface area contributed by atoms with Crippen molar-refractivity contribution < 1.29 is 38.6 Å². The molecule has 2 saturated heterocycles. The summed E-state index contributed by atoms with van der Waals surface area (Å²) in [4.78, 5) is 82.3. The maximum Gasteiger partial charge on any atom is 0.308 e. The minimum absolute atomic E-state index is 0.0221. The van der Waals surface area contributed by atoms with E-state index in [1.807, 2.05) is 57.9 Å². The van der Waals surface area contributed by atoms with Gasteiger partial charge < -0.3 is 39.5 Å². The molecular weight excluding hydrogens is 837 g/mol. The first kappa shape index (κ1) is 47.3. The molecule has 0 saturated carbocycles. The average Bonchev–Trinajstić information content (AvgIpc) is 4.04. The van der Waals surface area contributed by atoms with Crippen LogP contribution in [0.25, 0.3) is 5.57 Å². The van der Waals surface area contributed by atoms with Crippen molar-refractivity contribution in [2.75, 3.05) is 77.7 Å². The van der Waals surface area contributed by atoms with Gasteiger partial charge in [0, 0.05) is 72.9 Å². The average molecular weight is 897 g/mol. The summed E-state index contributed by atoms with van der Waals surface area (Å²) >= 11 is 0. The summed E-state index contributed by atoms with van der Waals surface area (Å²) in [6.45, 7) is 7.92. The van der Waals surface area contributed by atoms with E-state index < -0.39 is 41.7 Å². The number of aliphatic imine (C=N–C) groups is 1. The van der Waals surface area contributed by atoms with E-state index in [2.05, 4.69) is 20.1 Å². The number of aliphatic hydroxyl groups is 1. The topological polar surface area (TPSA) is 161 Å². The van der Waals surface area contributed by atoms with Crippen LogP contribution in [0.15, 0.2) is 118 Å². The molecule has 2 aliphatic carbocycles. The molecule has 2 unspecified atom stereocenters. The quantitative estimate of drug-likeness (QED) is 0.111. The van der Waals surface area contributed by atoms with E-state index in [0.717, 1.165) is 74.4 Å². The summed E-state index contributed by atoms with van der Waals surface area (Å²) in [5.74, 6) is -3.34. The second kappa shape index (κ2) is 21.1. The van der Waals surface area contributed by atoms with Crippen LogP contribution >= 0.6 is 0 Å². The Hall–Kier alpha value is -6.64. The molecule has 2 fully saturated rings. The number of anilines is 2. The van der Waals surface area contributed by atoms with Gasteiger partial charge in [-0.05, 0) is 103 Å². The second-order valence-electron chi connectivity index (χ2n) is 17.8. The number of aliphatic hydroxyl groups excluding tert-OH is 1. The highest BCUT2D eigenvalue weighted by Gasteiger charge is 2.41. The molecule has 2 aliphatic heterocycles. The van der Waals surface area contributed by atoms with Crippen LogP contribution in [0.1, 0.15) is 79.9 Å². The lowest BCUT2D eigenvalue weighted by Crippen LogP contribution is -2.30. The highest BCUT2D eigenvalue weighted by molar-refractivity contribution is 6.42. The van der Waals surface area contributed by atoms with Gasteiger partial charge in [-0.3, -0.25) is 24.0 Å². The third-order valence-corrected chi connectivity index (χ3v) is 12.2. The van der Waals surface area contributed by atoms with Gasteiger partial charge in [0.05, 0.1) is 35.4 Å². The zero-order valence-electron chi connectivity index (χ0n) is 38.8. The lowest BCUT2D eigenvalue weighted by molar-refractivity contribution is -0.155. The van der Waals surface area contributed by atoms with Crippen molar-refractivity contribution in [1.82, 2.24) is 14.7 Å². The van der Waals surface area contributed by atoms with Gasteiger partial charge in [-0.15, -0.1) is 0 Å². The molecule has 2 heterocycles. The van der Waals surface area contributed by atoms with Crippen LogP contribution in [-0.2, 0) is 33.4 Å². The fourth-order valence-corrected chi connectivity index (χ4v) is 8.66. The Bertz CT molecular complexity index is 2510. The van der Waals surface area contributed by atoms with Crippen molar-refractivity contribution in [3.05, 3.63) is 135 Å². The number of Topliss-reactive ketones (excluding diaryl/α,β-unsaturated/α-hetero) is 1. The van der Waals surface area contributed by atoms with E-state index in [-0.39, 0.29) is 52.3 Å². The Morgan fingerprint density at radius 1 is 0.727 bits per heavy atom. The molecule has 7 rings (SSSR count). The first-order valence-corrected chi connectivity index (χ1v) is 22.7. The van der Waals surface area contributed by atoms with Crippen LogP contribution < -0.4 is 10.2 Å². The Kier molecular flexibility index (Phi) is 15.1. The standard InChI is InChI=1S/C52H60N6O8/c1-33-29-37(39(31-41(33)57-23-13-14-24-57)53-51(63)49(35-17-9-7-10-18-35)65-43(59)21-27-55(3)4)45-47(61)46(48(45)62)38-30-34(2)42(58-25-15-16-26-58)32-40(38)54-52(64)50(36-19-11-8-12-20-36)66-44(60)22-28-56(5)6/h7-12,17-20,29-32,49-50,61H,13-16,21-28H2,1-6H3,(H,53,63)/b46-38-,54-40?. The fourth-order valence-electron chi connectivity index (χ4n) is 8.66. The van der Waals surface area contributed by atoms with Gasteiger partial charge in [0.2, 0.25) is 18.0 Å². The van der Waals surface area contributed by atoms with Gasteiger partial charge in [0.1, 0.15) is 5.76 Å². The zero-order valence-corrected chi connectivity index (χ0v) is 38.8. The van der Waals surface area contributed by atoms with E-state index in [9.17, 15) is 29.1 Å². The number of likely N-dealkylation sites (tertiary alicyclic amines) is 1. The minimum Gasteiger partial charge on any atom is -0.506 e. The molecule has 14 nitrogen and oxygen atoms in total. The summed E-state index contributed by atoms with van der Waals surface area (Å²) in [5, 5.41) is 15.1. The largest absolute Gasteiger partial charge is 0.506 e. The molecule has 2 amide bonds. The smallest absolute Gasteiger partial charge is 0.308 e. The van der Waals surface area contributed by atoms with Gasteiger partial charge in [-0.25, -0.2) is 4.99 Å². The zero-order chi connectivity index (χ0) is 47.1. The van der Waals surface area contributed by atoms with Crippen molar-refractivity contribution in [3.63, 3.8) is 0 Å². The minimum atomic E-state index is -1.36. The van der Waals surface area contributed by atoms with E-state index in [1.54, 1.807) is 78.9 Å². The summed E-state index contributed by atoms with van der Waals surface area (Å²) in [5.41, 5.74) is 5.13. The maximum atomic E-state index is 14.7. The van der Waals surface area contributed by atoms with Crippen molar-refractivity contribution in [3.8, 4) is 0 Å². The molecular formula is C52H60N6O8. The number of carbonyl (C=O) groups excluding carboxylic acids is 5. The number of rotatable bonds is 16. The predicted molar refractivity (Wildman–Crippen MR) is 255 cm³/mol. The van der Waals surface area contributed by atoms with Gasteiger partial charge >= 0.3 is 11.9 Å². The summed E-state index contributed by atoms with van der Waals surface area (Å²) < 4.78 is 11.6. The Labute approximate surface area is 386 Å². The van der Waals surface area contributed by atoms with Crippen LogP contribution in [0.3, 0.4) is 0 Å². The lowest BCUT2D eigenvalue weighted by atomic mass is 9.77. The maximum absolute atomic E-state index is 14.7. The van der Waals surface area contributed by atoms with E-state index in [4.69, 9.17) is 9.47 Å². The summed E-state index contributed by atoms with van der Waals surface area (Å²) in [6.07, 6.45) is 4.98. The molecule has 3 aromatic carbocycles. The molecule has 0 radical (unpaired) electrons. The van der Waals surface area contributed by atoms with Gasteiger partial charge in [0.25, 0.3) is 11.8 Å². The number of ether oxygens (including phenoxy) is 2. The van der Waals surface area contributed by atoms with E-state index in [0.29, 0.717) is 24.2 Å². The Balaban J connectivity index is 1.31. The fraction of sp³-hybridized carbons (Fsp3) is 0.385. The van der Waals surface area contributed by atoms with Crippen molar-refractivity contribution in [1.29, 1.82) is 0 Å². The third-order valence-electron chi connectivity index (χ3n) is 12.2. The van der Waals surface area contributed by atoms with E-state index in [1.165, 1.54) is 0 Å². The SMILES string of the molecule is CC1=C/C(=C2/C(=O)C(c3cc(C)c(N4CCCC4)cc3NC(=O)C(OC(=O)CCN(C)C)c3ccccc3)=C2O)C(=NC(=O)C(OC(=O)CCN(C)C)c2ccccc2)C=C1N1CCCC1. The second-order valence-corrected chi connectivity index (χ2v) is 17.8. The number of amides is 2. The summed E-state index contributed by atoms with van der Waals surface area (Å²) in [7, 11) is 7.36. The van der Waals surface area contributed by atoms with Gasteiger partial charge in [-0.1, -0.05) is 60.7 Å². The monoisotopic (exact) mass is 896 g/mol. The molecule has 4 aliphatic rings. The summed E-state index contributed by atoms with van der Waals surface area (Å²) in [6, 6.07) is 21.0. The first-order chi connectivity index (χ1) is 31.7. The van der Waals surface area contributed by atoms with Gasteiger partial charge in [-0.2, -0.15) is 0 Å². The van der Waals surface area contributed by atoms with E-state index >= 15 is 0 Å². The number of allylic oxidation sites excluding steroid dienone is 6. The number of ketones is 1. The van der Waals surface area contributed by atoms with Crippen LogP contribution in [0.4, 0.5) is 11.4 Å². The van der Waals surface area contributed by atoms with Crippen LogP contribution in [0.5, 0.6) is 0 Å². The molecule has 0 bridgehead atoms. The number of nitrogens with zero attached hydrogens (tertiary/aromatic N) is 5. The number of hydrogen-bond acceptors (Lipinski definition) is 12. The highest BCUT2D eigenvalue weighted by Crippen LogP contribution is 2.45. The van der Waals surface area contributed by atoms with Gasteiger partial charge in [0.15, 0.2) is 0 Å². The normalized spacial score (nSPS) is 18.9. The number of aryl methyl sites for hydroxylation is 1. The van der Waals surface area contributed by atoms with Crippen LogP contribution in [0.2, 0.25) is 0 Å². The molecule has 346 valence electrons. The number of carbonyl (C=O) groups is 5. The molecule has 0 spiro atoms. The third kappa shape index (κ3) is 10.9. The number of nitrogens with one attached hydrogen (secondary N) is 1. The van der Waals surface area contributed by atoms with Crippen molar-refractivity contribution in [2.45, 2.75) is 64.6 Å². The Morgan fingerprint density at radius 2 is 1.26 bits per heavy atom. The highest BCUT2D eigenvalue weighted by atomic mass is 16.6. The van der Waals surface area contributed by atoms with Crippen molar-refractivity contribution >= 4 is 52.2 Å². The number of benzene rings is 3. The first-order valence-electron chi connectivity index (χ1n) is 22.7. The number of esters is 2. The predicted octanol–water partition coefficient (Wildman–Crippen LogP) is 7.06. The van der Waals surface area contributed by atoms with Crippen molar-refractivity contribution in [2.24, 2.45) is 4.99 Å². The number of hydrogen-bond donors (Lipinski definition) is 2. The molecule has 66 heavy (non-hydrogen) atoms. The molecule has 14 heteroatoms. The Morgan fingerprint density at radius 3 is 1.80 bits per heavy atom.